The number of rotatable bonds is 4. The van der Waals surface area contributed by atoms with Crippen molar-refractivity contribution < 1.29 is 13.9 Å². The zero-order chi connectivity index (χ0) is 15.5. The van der Waals surface area contributed by atoms with Gasteiger partial charge in [-0.25, -0.2) is 14.4 Å². The number of methoxy groups -OCH3 is 1. The van der Waals surface area contributed by atoms with Gasteiger partial charge in [-0.2, -0.15) is 0 Å². The summed E-state index contributed by atoms with van der Waals surface area (Å²) in [5, 5.41) is 2.55. The van der Waals surface area contributed by atoms with Crippen LogP contribution < -0.4 is 5.32 Å². The third kappa shape index (κ3) is 3.05. The summed E-state index contributed by atoms with van der Waals surface area (Å²) in [6.07, 6.45) is 1.53. The number of carbonyl (C=O) groups excluding carboxylic acids is 1. The molecule has 6 heteroatoms. The number of halogens is 1. The van der Waals surface area contributed by atoms with Gasteiger partial charge in [0.05, 0.1) is 0 Å². The second-order valence-electron chi connectivity index (χ2n) is 4.69. The van der Waals surface area contributed by atoms with Gasteiger partial charge in [-0.15, -0.1) is 0 Å². The molecule has 1 amide bonds. The molecule has 0 bridgehead atoms. The molecule has 21 heavy (non-hydrogen) atoms. The molecular weight excluding hydrogens is 273 g/mol. The molecule has 0 spiro atoms. The first kappa shape index (κ1) is 15.1. The lowest BCUT2D eigenvalue weighted by Gasteiger charge is -2.27. The number of hydrogen-bond donors (Lipinski definition) is 1. The molecule has 2 rings (SSSR count). The molecule has 1 unspecified atom stereocenters. The highest BCUT2D eigenvalue weighted by molar-refractivity contribution is 5.96. The van der Waals surface area contributed by atoms with Gasteiger partial charge in [-0.1, -0.05) is 18.2 Å². The van der Waals surface area contributed by atoms with E-state index in [1.165, 1.54) is 32.4 Å². The van der Waals surface area contributed by atoms with Crippen molar-refractivity contribution in [3.63, 3.8) is 0 Å². The molecular formula is C15H16FN3O2. The Morgan fingerprint density at radius 3 is 2.67 bits per heavy atom. The molecule has 0 aliphatic rings. The van der Waals surface area contributed by atoms with Crippen molar-refractivity contribution in [2.75, 3.05) is 12.4 Å². The highest BCUT2D eigenvalue weighted by Crippen LogP contribution is 2.28. The van der Waals surface area contributed by atoms with E-state index < -0.39 is 17.3 Å². The van der Waals surface area contributed by atoms with Crippen LogP contribution in [0, 0.1) is 12.7 Å². The summed E-state index contributed by atoms with van der Waals surface area (Å²) in [4.78, 5) is 20.5. The SMILES string of the molecule is COC(C)(C(=O)Nc1nccc(C)n1)c1ccccc1F. The fourth-order valence-corrected chi connectivity index (χ4v) is 1.90. The zero-order valence-electron chi connectivity index (χ0n) is 12.1. The van der Waals surface area contributed by atoms with Crippen molar-refractivity contribution in [1.82, 2.24) is 9.97 Å². The minimum atomic E-state index is -1.47. The number of aryl methyl sites for hydroxylation is 1. The molecule has 0 fully saturated rings. The van der Waals surface area contributed by atoms with E-state index in [0.717, 1.165) is 0 Å². The zero-order valence-corrected chi connectivity index (χ0v) is 12.1. The van der Waals surface area contributed by atoms with E-state index in [-0.39, 0.29) is 11.5 Å². The lowest BCUT2D eigenvalue weighted by Crippen LogP contribution is -2.40. The predicted octanol–water partition coefficient (Wildman–Crippen LogP) is 2.42. The molecule has 5 nitrogen and oxygen atoms in total. The minimum Gasteiger partial charge on any atom is -0.364 e. The standard InChI is InChI=1S/C15H16FN3O2/c1-10-8-9-17-14(18-10)19-13(20)15(2,21-3)11-6-4-5-7-12(11)16/h4-9H,1-3H3,(H,17,18,19,20). The van der Waals surface area contributed by atoms with E-state index in [4.69, 9.17) is 4.74 Å². The Hall–Kier alpha value is -2.34. The number of amides is 1. The summed E-state index contributed by atoms with van der Waals surface area (Å²) >= 11 is 0. The maximum absolute atomic E-state index is 13.9. The molecule has 0 aliphatic heterocycles. The van der Waals surface area contributed by atoms with Crippen LogP contribution >= 0.6 is 0 Å². The monoisotopic (exact) mass is 289 g/mol. The topological polar surface area (TPSA) is 64.1 Å². The summed E-state index contributed by atoms with van der Waals surface area (Å²) in [6, 6.07) is 7.70. The lowest BCUT2D eigenvalue weighted by atomic mass is 9.94. The normalized spacial score (nSPS) is 13.5. The smallest absolute Gasteiger partial charge is 0.263 e. The van der Waals surface area contributed by atoms with E-state index in [9.17, 15) is 9.18 Å². The summed E-state index contributed by atoms with van der Waals surface area (Å²) in [5.74, 6) is -0.900. The molecule has 2 aromatic rings. The Balaban J connectivity index is 2.32. The number of anilines is 1. The van der Waals surface area contributed by atoms with Gasteiger partial charge in [-0.05, 0) is 26.0 Å². The summed E-state index contributed by atoms with van der Waals surface area (Å²) in [6.45, 7) is 3.28. The van der Waals surface area contributed by atoms with Gasteiger partial charge in [0.15, 0.2) is 5.60 Å². The van der Waals surface area contributed by atoms with E-state index in [1.54, 1.807) is 25.1 Å². The average Bonchev–Trinajstić information content (AvgIpc) is 2.47. The molecule has 0 aliphatic carbocycles. The van der Waals surface area contributed by atoms with Gasteiger partial charge < -0.3 is 4.74 Å². The highest BCUT2D eigenvalue weighted by Gasteiger charge is 2.38. The molecule has 1 heterocycles. The molecule has 110 valence electrons. The van der Waals surface area contributed by atoms with Crippen molar-refractivity contribution in [3.8, 4) is 0 Å². The molecule has 0 saturated heterocycles. The fraction of sp³-hybridized carbons (Fsp3) is 0.267. The van der Waals surface area contributed by atoms with E-state index in [2.05, 4.69) is 15.3 Å². The maximum Gasteiger partial charge on any atom is 0.263 e. The van der Waals surface area contributed by atoms with Crippen LogP contribution in [0.2, 0.25) is 0 Å². The quantitative estimate of drug-likeness (QED) is 0.939. The number of carbonyl (C=O) groups is 1. The van der Waals surface area contributed by atoms with Gasteiger partial charge in [0.1, 0.15) is 5.82 Å². The molecule has 0 saturated carbocycles. The second kappa shape index (κ2) is 5.97. The van der Waals surface area contributed by atoms with Gasteiger partial charge >= 0.3 is 0 Å². The van der Waals surface area contributed by atoms with Crippen molar-refractivity contribution in [2.24, 2.45) is 0 Å². The van der Waals surface area contributed by atoms with Crippen LogP contribution in [-0.4, -0.2) is 23.0 Å². The Bertz CT molecular complexity index is 663. The van der Waals surface area contributed by atoms with E-state index >= 15 is 0 Å². The Kier molecular flexibility index (Phi) is 4.28. The lowest BCUT2D eigenvalue weighted by molar-refractivity contribution is -0.137. The number of benzene rings is 1. The maximum atomic E-state index is 13.9. The van der Waals surface area contributed by atoms with Crippen molar-refractivity contribution in [1.29, 1.82) is 0 Å². The number of nitrogens with zero attached hydrogens (tertiary/aromatic N) is 2. The highest BCUT2D eigenvalue weighted by atomic mass is 19.1. The largest absolute Gasteiger partial charge is 0.364 e. The predicted molar refractivity (Wildman–Crippen MR) is 76.2 cm³/mol. The molecule has 1 aromatic carbocycles. The van der Waals surface area contributed by atoms with Crippen molar-refractivity contribution in [3.05, 3.63) is 53.6 Å². The second-order valence-corrected chi connectivity index (χ2v) is 4.69. The Labute approximate surface area is 122 Å². The van der Waals surface area contributed by atoms with Gasteiger partial charge in [-0.3, -0.25) is 10.1 Å². The number of ether oxygens (including phenoxy) is 1. The van der Waals surface area contributed by atoms with Crippen LogP contribution in [0.15, 0.2) is 36.5 Å². The van der Waals surface area contributed by atoms with E-state index in [0.29, 0.717) is 5.69 Å². The van der Waals surface area contributed by atoms with Crippen molar-refractivity contribution in [2.45, 2.75) is 19.4 Å². The van der Waals surface area contributed by atoms with Crippen LogP contribution in [0.4, 0.5) is 10.3 Å². The third-order valence-electron chi connectivity index (χ3n) is 3.25. The molecule has 1 N–H and O–H groups in total. The third-order valence-corrected chi connectivity index (χ3v) is 3.25. The van der Waals surface area contributed by atoms with Gasteiger partial charge in [0.2, 0.25) is 5.95 Å². The first-order valence-electron chi connectivity index (χ1n) is 6.38. The van der Waals surface area contributed by atoms with Crippen LogP contribution in [0.5, 0.6) is 0 Å². The summed E-state index contributed by atoms with van der Waals surface area (Å²) < 4.78 is 19.2. The summed E-state index contributed by atoms with van der Waals surface area (Å²) in [7, 11) is 1.35. The first-order chi connectivity index (χ1) is 9.97. The number of aromatic nitrogens is 2. The van der Waals surface area contributed by atoms with Gasteiger partial charge in [0.25, 0.3) is 5.91 Å². The van der Waals surface area contributed by atoms with E-state index in [1.807, 2.05) is 0 Å². The first-order valence-corrected chi connectivity index (χ1v) is 6.38. The average molecular weight is 289 g/mol. The Morgan fingerprint density at radius 1 is 1.33 bits per heavy atom. The number of nitrogens with one attached hydrogen (secondary N) is 1. The van der Waals surface area contributed by atoms with Crippen LogP contribution in [0.3, 0.4) is 0 Å². The number of hydrogen-bond acceptors (Lipinski definition) is 4. The molecule has 1 atom stereocenters. The van der Waals surface area contributed by atoms with Crippen molar-refractivity contribution >= 4 is 11.9 Å². The van der Waals surface area contributed by atoms with Crippen LogP contribution in [-0.2, 0) is 15.1 Å². The Morgan fingerprint density at radius 2 is 2.05 bits per heavy atom. The molecule has 0 radical (unpaired) electrons. The van der Waals surface area contributed by atoms with Crippen LogP contribution in [0.1, 0.15) is 18.2 Å². The van der Waals surface area contributed by atoms with Crippen LogP contribution in [0.25, 0.3) is 0 Å². The van der Waals surface area contributed by atoms with Gasteiger partial charge in [0, 0.05) is 24.6 Å². The molecule has 1 aromatic heterocycles. The fourth-order valence-electron chi connectivity index (χ4n) is 1.90. The summed E-state index contributed by atoms with van der Waals surface area (Å²) in [5.41, 5.74) is -0.610. The minimum absolute atomic E-state index is 0.151.